The van der Waals surface area contributed by atoms with E-state index in [9.17, 15) is 23.1 Å². The molecule has 1 atom stereocenters. The second-order valence-electron chi connectivity index (χ2n) is 6.90. The maximum Gasteiger partial charge on any atom is 0.416 e. The number of aromatic nitrogens is 2. The lowest BCUT2D eigenvalue weighted by Crippen LogP contribution is -2.14. The number of nitrogens with zero attached hydrogens (tertiary/aromatic N) is 2. The summed E-state index contributed by atoms with van der Waals surface area (Å²) in [5, 5.41) is 10.3. The summed E-state index contributed by atoms with van der Waals surface area (Å²) in [4.78, 5) is 16.7. The van der Waals surface area contributed by atoms with Gasteiger partial charge < -0.3 is 14.6 Å². The number of alkyl halides is 3. The average Bonchev–Trinajstić information content (AvgIpc) is 3.36. The highest BCUT2D eigenvalue weighted by molar-refractivity contribution is 7.16. The van der Waals surface area contributed by atoms with E-state index in [1.165, 1.54) is 56.8 Å². The Morgan fingerprint density at radius 1 is 1.19 bits per heavy atom. The van der Waals surface area contributed by atoms with Crippen LogP contribution in [-0.4, -0.2) is 27.7 Å². The normalized spacial score (nSPS) is 12.7. The molecule has 2 aromatic heterocycles. The Morgan fingerprint density at radius 3 is 2.66 bits per heavy atom. The summed E-state index contributed by atoms with van der Waals surface area (Å²) in [6.45, 7) is 1.48. The topological polar surface area (TPSA) is 73.6 Å². The molecule has 166 valence electrons. The van der Waals surface area contributed by atoms with E-state index in [0.29, 0.717) is 16.0 Å². The standard InChI is InChI=1S/C22H17F3N2O4S/c1-12(14-5-3-4-6-15(14)22(23,24)25)31-18-10-19(32-20(18)21(29)30-2)27-11-26-16-8-7-13(28)9-17(16)27/h3-12,28H,1-2H3. The molecule has 32 heavy (non-hydrogen) atoms. The van der Waals surface area contributed by atoms with Gasteiger partial charge in [0.15, 0.2) is 4.88 Å². The fraction of sp³-hybridized carbons (Fsp3) is 0.182. The van der Waals surface area contributed by atoms with Crippen LogP contribution in [0.1, 0.15) is 33.8 Å². The maximum atomic E-state index is 13.4. The van der Waals surface area contributed by atoms with E-state index in [2.05, 4.69) is 4.98 Å². The monoisotopic (exact) mass is 462 g/mol. The van der Waals surface area contributed by atoms with E-state index in [4.69, 9.17) is 9.47 Å². The first-order valence-electron chi connectivity index (χ1n) is 9.40. The Bertz CT molecular complexity index is 1300. The molecular formula is C22H17F3N2O4S. The summed E-state index contributed by atoms with van der Waals surface area (Å²) in [7, 11) is 1.21. The number of methoxy groups -OCH3 is 1. The van der Waals surface area contributed by atoms with E-state index < -0.39 is 23.8 Å². The Balaban J connectivity index is 1.76. The molecule has 0 aliphatic heterocycles. The molecular weight excluding hydrogens is 445 g/mol. The van der Waals surface area contributed by atoms with Crippen LogP contribution in [-0.2, 0) is 10.9 Å². The third-order valence-corrected chi connectivity index (χ3v) is 5.93. The van der Waals surface area contributed by atoms with Gasteiger partial charge in [-0.05, 0) is 25.1 Å². The van der Waals surface area contributed by atoms with E-state index in [0.717, 1.165) is 17.4 Å². The summed E-state index contributed by atoms with van der Waals surface area (Å²) in [5.74, 6) is -0.555. The molecule has 4 aromatic rings. The number of halogens is 3. The minimum Gasteiger partial charge on any atom is -0.508 e. The Kier molecular flexibility index (Phi) is 5.55. The fourth-order valence-corrected chi connectivity index (χ4v) is 4.33. The Hall–Kier alpha value is -3.53. The van der Waals surface area contributed by atoms with E-state index in [1.807, 2.05) is 0 Å². The quantitative estimate of drug-likeness (QED) is 0.383. The zero-order valence-corrected chi connectivity index (χ0v) is 17.7. The SMILES string of the molecule is COC(=O)c1sc(-n2cnc3ccc(O)cc32)cc1OC(C)c1ccccc1C(F)(F)F. The third-order valence-electron chi connectivity index (χ3n) is 4.83. The van der Waals surface area contributed by atoms with Gasteiger partial charge in [-0.2, -0.15) is 13.2 Å². The summed E-state index contributed by atoms with van der Waals surface area (Å²) in [5.41, 5.74) is 0.343. The van der Waals surface area contributed by atoms with Crippen molar-refractivity contribution in [1.29, 1.82) is 0 Å². The number of carbonyl (C=O) groups is 1. The van der Waals surface area contributed by atoms with Crippen LogP contribution >= 0.6 is 11.3 Å². The van der Waals surface area contributed by atoms with Crippen molar-refractivity contribution in [2.24, 2.45) is 0 Å². The second kappa shape index (κ2) is 8.19. The van der Waals surface area contributed by atoms with Crippen LogP contribution in [0.3, 0.4) is 0 Å². The first kappa shape index (κ1) is 21.7. The number of aromatic hydroxyl groups is 1. The highest BCUT2D eigenvalue weighted by Gasteiger charge is 2.35. The highest BCUT2D eigenvalue weighted by atomic mass is 32.1. The molecule has 0 saturated heterocycles. The lowest BCUT2D eigenvalue weighted by atomic mass is 10.0. The molecule has 2 aromatic carbocycles. The number of fused-ring (bicyclic) bond motifs is 1. The number of rotatable bonds is 5. The van der Waals surface area contributed by atoms with Gasteiger partial charge in [0.2, 0.25) is 0 Å². The summed E-state index contributed by atoms with van der Waals surface area (Å²) in [6, 6.07) is 11.3. The van der Waals surface area contributed by atoms with Gasteiger partial charge in [-0.1, -0.05) is 18.2 Å². The van der Waals surface area contributed by atoms with Crippen molar-refractivity contribution >= 4 is 28.3 Å². The van der Waals surface area contributed by atoms with E-state index in [1.54, 1.807) is 10.6 Å². The molecule has 0 aliphatic carbocycles. The molecule has 0 aliphatic rings. The van der Waals surface area contributed by atoms with E-state index in [-0.39, 0.29) is 21.9 Å². The second-order valence-corrected chi connectivity index (χ2v) is 7.93. The first-order chi connectivity index (χ1) is 15.2. The maximum absolute atomic E-state index is 13.4. The van der Waals surface area contributed by atoms with Crippen LogP contribution < -0.4 is 4.74 Å². The summed E-state index contributed by atoms with van der Waals surface area (Å²) < 4.78 is 52.6. The van der Waals surface area contributed by atoms with Gasteiger partial charge in [-0.3, -0.25) is 4.57 Å². The molecule has 0 saturated carbocycles. The smallest absolute Gasteiger partial charge is 0.416 e. The molecule has 0 amide bonds. The molecule has 0 spiro atoms. The number of phenols is 1. The molecule has 2 heterocycles. The van der Waals surface area contributed by atoms with Crippen LogP contribution in [0, 0.1) is 0 Å². The number of ether oxygens (including phenoxy) is 2. The predicted molar refractivity (Wildman–Crippen MR) is 112 cm³/mol. The average molecular weight is 462 g/mol. The van der Waals surface area contributed by atoms with Crippen LogP contribution in [0.25, 0.3) is 16.0 Å². The Labute approximate surface area is 184 Å². The first-order valence-corrected chi connectivity index (χ1v) is 10.2. The lowest BCUT2D eigenvalue weighted by Gasteiger charge is -2.19. The third kappa shape index (κ3) is 4.01. The van der Waals surface area contributed by atoms with Gasteiger partial charge >= 0.3 is 12.1 Å². The predicted octanol–water partition coefficient (Wildman–Crippen LogP) is 5.74. The summed E-state index contributed by atoms with van der Waals surface area (Å²) in [6.07, 6.45) is -4.03. The van der Waals surface area contributed by atoms with Crippen LogP contribution in [0.15, 0.2) is 54.9 Å². The number of thiophene rings is 1. The van der Waals surface area contributed by atoms with Gasteiger partial charge in [0.25, 0.3) is 0 Å². The molecule has 6 nitrogen and oxygen atoms in total. The van der Waals surface area contributed by atoms with Gasteiger partial charge in [-0.25, -0.2) is 9.78 Å². The van der Waals surface area contributed by atoms with Crippen molar-refractivity contribution < 1.29 is 32.5 Å². The zero-order chi connectivity index (χ0) is 23.0. The molecule has 10 heteroatoms. The van der Waals surface area contributed by atoms with Crippen LogP contribution in [0.5, 0.6) is 11.5 Å². The highest BCUT2D eigenvalue weighted by Crippen LogP contribution is 2.39. The van der Waals surface area contributed by atoms with Crippen molar-refractivity contribution in [2.45, 2.75) is 19.2 Å². The molecule has 1 unspecified atom stereocenters. The Morgan fingerprint density at radius 2 is 1.94 bits per heavy atom. The van der Waals surface area contributed by atoms with Crippen LogP contribution in [0.2, 0.25) is 0 Å². The summed E-state index contributed by atoms with van der Waals surface area (Å²) >= 11 is 1.04. The number of carbonyl (C=O) groups excluding carboxylic acids is 1. The number of hydrogen-bond acceptors (Lipinski definition) is 6. The fourth-order valence-electron chi connectivity index (χ4n) is 3.34. The molecule has 1 N–H and O–H groups in total. The van der Waals surface area contributed by atoms with Crippen molar-refractivity contribution in [2.75, 3.05) is 7.11 Å². The number of esters is 1. The lowest BCUT2D eigenvalue weighted by molar-refractivity contribution is -0.139. The van der Waals surface area contributed by atoms with Gasteiger partial charge in [0, 0.05) is 17.7 Å². The van der Waals surface area contributed by atoms with Crippen molar-refractivity contribution in [3.05, 3.63) is 70.9 Å². The van der Waals surface area contributed by atoms with E-state index >= 15 is 0 Å². The zero-order valence-electron chi connectivity index (χ0n) is 16.9. The minimum absolute atomic E-state index is 0.0397. The molecule has 0 fully saturated rings. The number of benzene rings is 2. The largest absolute Gasteiger partial charge is 0.508 e. The number of imidazole rings is 1. The number of phenolic OH excluding ortho intramolecular Hbond substituents is 1. The molecule has 4 rings (SSSR count). The van der Waals surface area contributed by atoms with Crippen molar-refractivity contribution in [1.82, 2.24) is 9.55 Å². The minimum atomic E-state index is -4.54. The van der Waals surface area contributed by atoms with Crippen molar-refractivity contribution in [3.8, 4) is 16.5 Å². The molecule has 0 radical (unpaired) electrons. The molecule has 0 bridgehead atoms. The van der Waals surface area contributed by atoms with Crippen LogP contribution in [0.4, 0.5) is 13.2 Å². The van der Waals surface area contributed by atoms with Gasteiger partial charge in [0.05, 0.1) is 23.7 Å². The number of hydrogen-bond donors (Lipinski definition) is 1. The van der Waals surface area contributed by atoms with Gasteiger partial charge in [-0.15, -0.1) is 11.3 Å². The van der Waals surface area contributed by atoms with Crippen molar-refractivity contribution in [3.63, 3.8) is 0 Å². The van der Waals surface area contributed by atoms with Gasteiger partial charge in [0.1, 0.15) is 28.9 Å².